The van der Waals surface area contributed by atoms with E-state index in [9.17, 15) is 18.0 Å². The second kappa shape index (κ2) is 12.8. The van der Waals surface area contributed by atoms with Gasteiger partial charge in [-0.3, -0.25) is 19.4 Å². The van der Waals surface area contributed by atoms with Crippen LogP contribution < -0.4 is 15.0 Å². The van der Waals surface area contributed by atoms with Crippen LogP contribution in [0, 0.1) is 5.92 Å². The highest BCUT2D eigenvalue weighted by Gasteiger charge is 2.33. The summed E-state index contributed by atoms with van der Waals surface area (Å²) in [5, 5.41) is 2.99. The Bertz CT molecular complexity index is 1080. The smallest absolute Gasteiger partial charge is 0.265 e. The zero-order valence-electron chi connectivity index (χ0n) is 23.2. The van der Waals surface area contributed by atoms with Gasteiger partial charge in [-0.2, -0.15) is 4.31 Å². The van der Waals surface area contributed by atoms with Gasteiger partial charge >= 0.3 is 0 Å². The van der Waals surface area contributed by atoms with Crippen molar-refractivity contribution in [1.29, 1.82) is 0 Å². The van der Waals surface area contributed by atoms with E-state index in [1.165, 1.54) is 53.4 Å². The van der Waals surface area contributed by atoms with E-state index in [-0.39, 0.29) is 29.9 Å². The molecule has 10 heteroatoms. The summed E-state index contributed by atoms with van der Waals surface area (Å²) in [5.41, 5.74) is 0.325. The normalized spacial score (nSPS) is 20.7. The predicted molar refractivity (Wildman–Crippen MR) is 148 cm³/mol. The number of anilines is 1. The van der Waals surface area contributed by atoms with E-state index < -0.39 is 10.0 Å². The molecule has 9 nitrogen and oxygen atoms in total. The topological polar surface area (TPSA) is 99.3 Å². The summed E-state index contributed by atoms with van der Waals surface area (Å²) in [6.07, 6.45) is 8.95. The maximum Gasteiger partial charge on any atom is 0.265 e. The molecule has 212 valence electrons. The Hall–Kier alpha value is -2.17. The Balaban J connectivity index is 1.41. The van der Waals surface area contributed by atoms with Gasteiger partial charge in [0, 0.05) is 38.3 Å². The lowest BCUT2D eigenvalue weighted by Gasteiger charge is -2.38. The van der Waals surface area contributed by atoms with E-state index in [0.29, 0.717) is 49.1 Å². The van der Waals surface area contributed by atoms with E-state index in [0.717, 1.165) is 25.8 Å². The summed E-state index contributed by atoms with van der Waals surface area (Å²) >= 11 is 0. The lowest BCUT2D eigenvalue weighted by Crippen LogP contribution is -2.49. The Kier molecular flexibility index (Phi) is 9.70. The molecule has 1 saturated carbocycles. The minimum Gasteiger partial charge on any atom is -0.482 e. The molecule has 4 rings (SSSR count). The summed E-state index contributed by atoms with van der Waals surface area (Å²) in [6.45, 7) is 8.46. The highest BCUT2D eigenvalue weighted by atomic mass is 32.2. The Morgan fingerprint density at radius 3 is 2.55 bits per heavy atom. The van der Waals surface area contributed by atoms with Gasteiger partial charge in [0.15, 0.2) is 6.61 Å². The van der Waals surface area contributed by atoms with Crippen LogP contribution in [0.3, 0.4) is 0 Å². The van der Waals surface area contributed by atoms with Gasteiger partial charge in [-0.1, -0.05) is 33.1 Å². The molecule has 1 aromatic carbocycles. The number of amides is 2. The molecule has 0 bridgehead atoms. The number of hydrogen-bond donors (Lipinski definition) is 1. The van der Waals surface area contributed by atoms with E-state index in [1.807, 2.05) is 0 Å². The Morgan fingerprint density at radius 1 is 1.16 bits per heavy atom. The average Bonchev–Trinajstić information content (AvgIpc) is 2.92. The number of fused-ring (bicyclic) bond motifs is 1. The lowest BCUT2D eigenvalue weighted by molar-refractivity contribution is -0.125. The van der Waals surface area contributed by atoms with Gasteiger partial charge in [0.25, 0.3) is 5.91 Å². The first kappa shape index (κ1) is 28.8. The minimum absolute atomic E-state index is 0.117. The fourth-order valence-corrected chi connectivity index (χ4v) is 7.31. The average molecular weight is 549 g/mol. The molecule has 38 heavy (non-hydrogen) atoms. The monoisotopic (exact) mass is 548 g/mol. The van der Waals surface area contributed by atoms with Crippen molar-refractivity contribution in [3.63, 3.8) is 0 Å². The van der Waals surface area contributed by atoms with E-state index >= 15 is 0 Å². The molecule has 3 aliphatic rings. The van der Waals surface area contributed by atoms with Crippen LogP contribution in [0.25, 0.3) is 0 Å². The summed E-state index contributed by atoms with van der Waals surface area (Å²) in [7, 11) is -3.70. The third-order valence-corrected chi connectivity index (χ3v) is 10.3. The van der Waals surface area contributed by atoms with Crippen molar-refractivity contribution in [2.75, 3.05) is 44.2 Å². The molecule has 1 aliphatic carbocycles. The zero-order chi connectivity index (χ0) is 27.3. The number of carbonyl (C=O) groups is 2. The van der Waals surface area contributed by atoms with Gasteiger partial charge in [0.05, 0.1) is 10.6 Å². The molecule has 2 fully saturated rings. The first-order chi connectivity index (χ1) is 18.2. The molecule has 0 radical (unpaired) electrons. The van der Waals surface area contributed by atoms with Crippen molar-refractivity contribution in [3.8, 4) is 5.75 Å². The first-order valence-electron chi connectivity index (χ1n) is 14.3. The van der Waals surface area contributed by atoms with Crippen LogP contribution in [-0.2, 0) is 19.6 Å². The molecule has 0 spiro atoms. The highest BCUT2D eigenvalue weighted by molar-refractivity contribution is 7.89. The maximum atomic E-state index is 13.3. The van der Waals surface area contributed by atoms with Crippen LogP contribution in [0.4, 0.5) is 5.69 Å². The van der Waals surface area contributed by atoms with Gasteiger partial charge < -0.3 is 10.1 Å². The number of rotatable bonds is 10. The summed E-state index contributed by atoms with van der Waals surface area (Å²) in [6, 6.07) is 5.59. The Labute approximate surface area is 227 Å². The summed E-state index contributed by atoms with van der Waals surface area (Å²) in [5.74, 6) is 0.281. The van der Waals surface area contributed by atoms with Gasteiger partial charge in [-0.05, 0) is 63.1 Å². The van der Waals surface area contributed by atoms with Gasteiger partial charge in [0.1, 0.15) is 12.3 Å². The summed E-state index contributed by atoms with van der Waals surface area (Å²) in [4.78, 5) is 29.7. The van der Waals surface area contributed by atoms with Crippen molar-refractivity contribution < 1.29 is 22.7 Å². The molecule has 1 atom stereocenters. The number of sulfonamides is 1. The van der Waals surface area contributed by atoms with Crippen molar-refractivity contribution in [2.24, 2.45) is 5.92 Å². The summed E-state index contributed by atoms with van der Waals surface area (Å²) < 4.78 is 33.7. The first-order valence-corrected chi connectivity index (χ1v) is 15.7. The largest absolute Gasteiger partial charge is 0.482 e. The maximum absolute atomic E-state index is 13.3. The van der Waals surface area contributed by atoms with Crippen molar-refractivity contribution in [3.05, 3.63) is 18.2 Å². The minimum atomic E-state index is -3.70. The van der Waals surface area contributed by atoms with Gasteiger partial charge in [-0.15, -0.1) is 0 Å². The SMILES string of the molecule is CC[C@@H](C)N(CCNC(=O)CN1C(=O)COc2ccc(S(=O)(=O)N3CCC(C)CC3)cc21)C1CCCCC1. The molecular formula is C28H44N4O5S. The molecule has 2 aliphatic heterocycles. The van der Waals surface area contributed by atoms with E-state index in [2.05, 4.69) is 31.0 Å². The molecular weight excluding hydrogens is 504 g/mol. The Morgan fingerprint density at radius 2 is 1.87 bits per heavy atom. The molecule has 1 saturated heterocycles. The molecule has 2 heterocycles. The number of ether oxygens (including phenoxy) is 1. The molecule has 0 aromatic heterocycles. The third kappa shape index (κ3) is 6.69. The van der Waals surface area contributed by atoms with E-state index in [1.54, 1.807) is 6.07 Å². The lowest BCUT2D eigenvalue weighted by atomic mass is 9.93. The number of benzene rings is 1. The fraction of sp³-hybridized carbons (Fsp3) is 0.714. The van der Waals surface area contributed by atoms with Crippen LogP contribution in [0.1, 0.15) is 72.1 Å². The van der Waals surface area contributed by atoms with Crippen molar-refractivity contribution in [2.45, 2.75) is 89.1 Å². The van der Waals surface area contributed by atoms with Gasteiger partial charge in [-0.25, -0.2) is 8.42 Å². The van der Waals surface area contributed by atoms with Crippen LogP contribution in [-0.4, -0.2) is 80.9 Å². The molecule has 1 aromatic rings. The second-order valence-electron chi connectivity index (χ2n) is 11.1. The standard InChI is InChI=1S/C28H44N4O5S/c1-4-22(3)31(23-8-6-5-7-9-23)17-14-29-27(33)19-32-25-18-24(10-11-26(25)37-20-28(32)34)38(35,36)30-15-12-21(2)13-16-30/h10-11,18,21-23H,4-9,12-17,19-20H2,1-3H3,(H,29,33)/t22-/m1/s1. The number of piperidine rings is 1. The number of carbonyl (C=O) groups excluding carboxylic acids is 2. The third-order valence-electron chi connectivity index (χ3n) is 8.45. The van der Waals surface area contributed by atoms with Crippen LogP contribution in [0.2, 0.25) is 0 Å². The molecule has 0 unspecified atom stereocenters. The number of nitrogens with zero attached hydrogens (tertiary/aromatic N) is 3. The molecule has 1 N–H and O–H groups in total. The quantitative estimate of drug-likeness (QED) is 0.481. The number of hydrogen-bond acceptors (Lipinski definition) is 6. The second-order valence-corrected chi connectivity index (χ2v) is 13.1. The zero-order valence-corrected chi connectivity index (χ0v) is 24.0. The van der Waals surface area contributed by atoms with Gasteiger partial charge in [0.2, 0.25) is 15.9 Å². The molecule has 2 amide bonds. The predicted octanol–water partition coefficient (Wildman–Crippen LogP) is 3.38. The van der Waals surface area contributed by atoms with Crippen LogP contribution >= 0.6 is 0 Å². The number of nitrogens with one attached hydrogen (secondary N) is 1. The van der Waals surface area contributed by atoms with E-state index in [4.69, 9.17) is 4.74 Å². The fourth-order valence-electron chi connectivity index (χ4n) is 5.82. The van der Waals surface area contributed by atoms with Crippen molar-refractivity contribution in [1.82, 2.24) is 14.5 Å². The highest BCUT2D eigenvalue weighted by Crippen LogP contribution is 2.35. The van der Waals surface area contributed by atoms with Crippen LogP contribution in [0.15, 0.2) is 23.1 Å². The van der Waals surface area contributed by atoms with Crippen molar-refractivity contribution >= 4 is 27.5 Å². The van der Waals surface area contributed by atoms with Crippen LogP contribution in [0.5, 0.6) is 5.75 Å².